The molecular formula is C23H36N6O2. The second kappa shape index (κ2) is 11.6. The zero-order valence-electron chi connectivity index (χ0n) is 19.2. The third-order valence-electron chi connectivity index (χ3n) is 5.43. The molecule has 1 atom stereocenters. The van der Waals surface area contributed by atoms with Crippen LogP contribution in [0.15, 0.2) is 35.6 Å². The molecule has 8 heteroatoms. The highest BCUT2D eigenvalue weighted by Gasteiger charge is 2.23. The van der Waals surface area contributed by atoms with Gasteiger partial charge in [-0.3, -0.25) is 14.6 Å². The second-order valence-electron chi connectivity index (χ2n) is 7.97. The van der Waals surface area contributed by atoms with Gasteiger partial charge >= 0.3 is 0 Å². The van der Waals surface area contributed by atoms with Gasteiger partial charge in [-0.25, -0.2) is 0 Å². The molecule has 1 fully saturated rings. The number of hydrogen-bond donors (Lipinski definition) is 2. The summed E-state index contributed by atoms with van der Waals surface area (Å²) in [6.07, 6.45) is 7.10. The topological polar surface area (TPSA) is 75.9 Å². The van der Waals surface area contributed by atoms with Crippen molar-refractivity contribution in [2.24, 2.45) is 12.0 Å². The van der Waals surface area contributed by atoms with E-state index >= 15 is 0 Å². The molecule has 1 unspecified atom stereocenters. The molecule has 2 heterocycles. The zero-order valence-corrected chi connectivity index (χ0v) is 19.2. The summed E-state index contributed by atoms with van der Waals surface area (Å²) in [5.74, 6) is 2.57. The van der Waals surface area contributed by atoms with Crippen LogP contribution in [0.4, 0.5) is 0 Å². The Labute approximate surface area is 185 Å². The lowest BCUT2D eigenvalue weighted by molar-refractivity contribution is 0.321. The first-order valence-corrected chi connectivity index (χ1v) is 11.1. The van der Waals surface area contributed by atoms with Crippen molar-refractivity contribution in [1.29, 1.82) is 0 Å². The van der Waals surface area contributed by atoms with E-state index in [-0.39, 0.29) is 0 Å². The Hall–Kier alpha value is -2.74. The minimum Gasteiger partial charge on any atom is -0.497 e. The van der Waals surface area contributed by atoms with E-state index < -0.39 is 0 Å². The summed E-state index contributed by atoms with van der Waals surface area (Å²) in [6.45, 7) is 6.67. The highest BCUT2D eigenvalue weighted by molar-refractivity contribution is 5.80. The van der Waals surface area contributed by atoms with Gasteiger partial charge in [0.05, 0.1) is 20.4 Å². The fourth-order valence-electron chi connectivity index (χ4n) is 3.90. The summed E-state index contributed by atoms with van der Waals surface area (Å²) in [7, 11) is 5.32. The average molecular weight is 429 g/mol. The number of hydrogen-bond acceptors (Lipinski definition) is 5. The maximum absolute atomic E-state index is 5.40. The lowest BCUT2D eigenvalue weighted by Gasteiger charge is -2.19. The number of nitrogens with zero attached hydrogens (tertiary/aromatic N) is 4. The number of nitrogens with one attached hydrogen (secondary N) is 2. The van der Waals surface area contributed by atoms with E-state index in [1.807, 2.05) is 24.0 Å². The molecule has 1 saturated heterocycles. The van der Waals surface area contributed by atoms with E-state index in [1.165, 1.54) is 11.1 Å². The van der Waals surface area contributed by atoms with Crippen LogP contribution in [-0.4, -0.2) is 67.1 Å². The molecule has 0 amide bonds. The Morgan fingerprint density at radius 2 is 1.97 bits per heavy atom. The van der Waals surface area contributed by atoms with Gasteiger partial charge in [-0.2, -0.15) is 5.10 Å². The summed E-state index contributed by atoms with van der Waals surface area (Å²) >= 11 is 0. The SMILES string of the molecule is CCNC(=NCCCc1cnn(C)c1)NC1CCN(Cc2cc(OC)cc(OC)c2)C1. The summed E-state index contributed by atoms with van der Waals surface area (Å²) in [5.41, 5.74) is 2.46. The Kier molecular flexibility index (Phi) is 8.58. The molecule has 0 aliphatic carbocycles. The third-order valence-corrected chi connectivity index (χ3v) is 5.43. The fraction of sp³-hybridized carbons (Fsp3) is 0.565. The molecule has 1 aliphatic rings. The standard InChI is InChI=1S/C23H36N6O2/c1-5-24-23(25-9-6-7-18-14-26-28(2)15-18)27-20-8-10-29(17-20)16-19-11-21(30-3)13-22(12-19)31-4/h11-15,20H,5-10,16-17H2,1-4H3,(H2,24,25,27). The van der Waals surface area contributed by atoms with Crippen LogP contribution in [0.25, 0.3) is 0 Å². The van der Waals surface area contributed by atoms with Crippen molar-refractivity contribution >= 4 is 5.96 Å². The molecule has 1 aromatic heterocycles. The van der Waals surface area contributed by atoms with Gasteiger partial charge in [-0.15, -0.1) is 0 Å². The van der Waals surface area contributed by atoms with E-state index in [4.69, 9.17) is 14.5 Å². The van der Waals surface area contributed by atoms with Crippen LogP contribution in [0.5, 0.6) is 11.5 Å². The number of likely N-dealkylation sites (tertiary alicyclic amines) is 1. The Morgan fingerprint density at radius 3 is 2.61 bits per heavy atom. The highest BCUT2D eigenvalue weighted by atomic mass is 16.5. The highest BCUT2D eigenvalue weighted by Crippen LogP contribution is 2.24. The first-order valence-electron chi connectivity index (χ1n) is 11.1. The summed E-state index contributed by atoms with van der Waals surface area (Å²) < 4.78 is 12.6. The number of guanidine groups is 1. The number of aliphatic imine (C=N–C) groups is 1. The Balaban J connectivity index is 1.48. The molecule has 0 saturated carbocycles. The molecule has 8 nitrogen and oxygen atoms in total. The van der Waals surface area contributed by atoms with Crippen LogP contribution in [0.2, 0.25) is 0 Å². The molecule has 0 bridgehead atoms. The van der Waals surface area contributed by atoms with Crippen LogP contribution < -0.4 is 20.1 Å². The summed E-state index contributed by atoms with van der Waals surface area (Å²) in [6, 6.07) is 6.46. The molecule has 1 aliphatic heterocycles. The maximum Gasteiger partial charge on any atom is 0.191 e. The Morgan fingerprint density at radius 1 is 1.19 bits per heavy atom. The van der Waals surface area contributed by atoms with Crippen molar-refractivity contribution in [2.45, 2.75) is 38.8 Å². The number of rotatable bonds is 10. The summed E-state index contributed by atoms with van der Waals surface area (Å²) in [5, 5.41) is 11.2. The first-order chi connectivity index (χ1) is 15.1. The lowest BCUT2D eigenvalue weighted by Crippen LogP contribution is -2.44. The van der Waals surface area contributed by atoms with Crippen LogP contribution >= 0.6 is 0 Å². The van der Waals surface area contributed by atoms with E-state index in [9.17, 15) is 0 Å². The minimum absolute atomic E-state index is 0.392. The minimum atomic E-state index is 0.392. The largest absolute Gasteiger partial charge is 0.497 e. The number of methoxy groups -OCH3 is 2. The van der Waals surface area contributed by atoms with Gasteiger partial charge in [0, 0.05) is 58.1 Å². The van der Waals surface area contributed by atoms with Gasteiger partial charge in [0.25, 0.3) is 0 Å². The van der Waals surface area contributed by atoms with Crippen molar-refractivity contribution in [3.63, 3.8) is 0 Å². The molecule has 0 spiro atoms. The van der Waals surface area contributed by atoms with Crippen LogP contribution in [0.1, 0.15) is 30.9 Å². The summed E-state index contributed by atoms with van der Waals surface area (Å²) in [4.78, 5) is 7.23. The normalized spacial score (nSPS) is 17.0. The van der Waals surface area contributed by atoms with E-state index in [2.05, 4.69) is 45.9 Å². The van der Waals surface area contributed by atoms with Crippen LogP contribution in [0.3, 0.4) is 0 Å². The van der Waals surface area contributed by atoms with E-state index in [0.29, 0.717) is 6.04 Å². The number of aromatic nitrogens is 2. The van der Waals surface area contributed by atoms with Crippen LogP contribution in [-0.2, 0) is 20.0 Å². The van der Waals surface area contributed by atoms with Crippen molar-refractivity contribution < 1.29 is 9.47 Å². The first kappa shape index (κ1) is 22.9. The fourth-order valence-corrected chi connectivity index (χ4v) is 3.90. The van der Waals surface area contributed by atoms with E-state index in [0.717, 1.165) is 69.4 Å². The maximum atomic E-state index is 5.40. The van der Waals surface area contributed by atoms with Crippen molar-refractivity contribution in [2.75, 3.05) is 40.4 Å². The van der Waals surface area contributed by atoms with Crippen molar-refractivity contribution in [3.05, 3.63) is 41.7 Å². The van der Waals surface area contributed by atoms with Gasteiger partial charge < -0.3 is 20.1 Å². The molecular weight excluding hydrogens is 392 g/mol. The molecule has 31 heavy (non-hydrogen) atoms. The van der Waals surface area contributed by atoms with Crippen molar-refractivity contribution in [3.8, 4) is 11.5 Å². The molecule has 170 valence electrons. The molecule has 3 rings (SSSR count). The van der Waals surface area contributed by atoms with Gasteiger partial charge in [-0.1, -0.05) is 0 Å². The second-order valence-corrected chi connectivity index (χ2v) is 7.97. The van der Waals surface area contributed by atoms with Crippen LogP contribution in [0, 0.1) is 0 Å². The number of aryl methyl sites for hydroxylation is 2. The molecule has 0 radical (unpaired) electrons. The van der Waals surface area contributed by atoms with Crippen molar-refractivity contribution in [1.82, 2.24) is 25.3 Å². The molecule has 2 aromatic rings. The smallest absolute Gasteiger partial charge is 0.191 e. The quantitative estimate of drug-likeness (QED) is 0.343. The predicted octanol–water partition coefficient (Wildman–Crippen LogP) is 2.20. The van der Waals surface area contributed by atoms with Gasteiger partial charge in [-0.05, 0) is 49.4 Å². The monoisotopic (exact) mass is 428 g/mol. The number of ether oxygens (including phenoxy) is 2. The van der Waals surface area contributed by atoms with Gasteiger partial charge in [0.2, 0.25) is 0 Å². The third kappa shape index (κ3) is 7.17. The average Bonchev–Trinajstić information content (AvgIpc) is 3.39. The van der Waals surface area contributed by atoms with Gasteiger partial charge in [0.15, 0.2) is 5.96 Å². The predicted molar refractivity (Wildman–Crippen MR) is 124 cm³/mol. The zero-order chi connectivity index (χ0) is 22.1. The molecule has 1 aromatic carbocycles. The number of benzene rings is 1. The molecule has 2 N–H and O–H groups in total. The van der Waals surface area contributed by atoms with E-state index in [1.54, 1.807) is 14.2 Å². The Bertz CT molecular complexity index is 828. The lowest BCUT2D eigenvalue weighted by atomic mass is 10.2. The van der Waals surface area contributed by atoms with Gasteiger partial charge in [0.1, 0.15) is 11.5 Å².